The molecule has 0 radical (unpaired) electrons. The first kappa shape index (κ1) is 14.0. The van der Waals surface area contributed by atoms with E-state index in [0.29, 0.717) is 13.1 Å². The van der Waals surface area contributed by atoms with E-state index in [-0.39, 0.29) is 10.8 Å². The minimum atomic E-state index is -3.53. The van der Waals surface area contributed by atoms with Crippen LogP contribution in [0.1, 0.15) is 0 Å². The van der Waals surface area contributed by atoms with E-state index in [2.05, 4.69) is 4.90 Å². The van der Waals surface area contributed by atoms with E-state index in [9.17, 15) is 13.2 Å². The second-order valence-corrected chi connectivity index (χ2v) is 6.75. The van der Waals surface area contributed by atoms with Gasteiger partial charge in [0, 0.05) is 26.2 Å². The van der Waals surface area contributed by atoms with Crippen LogP contribution in [0.15, 0.2) is 35.2 Å². The molecule has 0 spiro atoms. The van der Waals surface area contributed by atoms with Crippen LogP contribution in [0.25, 0.3) is 0 Å². The van der Waals surface area contributed by atoms with Crippen LogP contribution in [0.2, 0.25) is 0 Å². The van der Waals surface area contributed by atoms with Crippen LogP contribution >= 0.6 is 0 Å². The van der Waals surface area contributed by atoms with Crippen LogP contribution in [-0.2, 0) is 14.6 Å². The standard InChI is InChI=1S/C13H18N2O3S/c1-14-7-9-15(10-8-14)13(16)11-19(17,18)12-5-3-2-4-6-12/h2-6H,7-11H2,1H3. The first-order valence-corrected chi connectivity index (χ1v) is 7.88. The Hall–Kier alpha value is -1.40. The number of nitrogens with zero attached hydrogens (tertiary/aromatic N) is 2. The number of rotatable bonds is 3. The fourth-order valence-electron chi connectivity index (χ4n) is 2.02. The number of likely N-dealkylation sites (N-methyl/N-ethyl adjacent to an activating group) is 1. The van der Waals surface area contributed by atoms with Gasteiger partial charge >= 0.3 is 0 Å². The van der Waals surface area contributed by atoms with Gasteiger partial charge in [-0.3, -0.25) is 4.79 Å². The second-order valence-electron chi connectivity index (χ2n) is 4.76. The molecule has 1 saturated heterocycles. The average molecular weight is 282 g/mol. The third-order valence-corrected chi connectivity index (χ3v) is 4.89. The molecule has 0 N–H and O–H groups in total. The van der Waals surface area contributed by atoms with Crippen molar-refractivity contribution in [3.05, 3.63) is 30.3 Å². The molecule has 1 aromatic carbocycles. The lowest BCUT2D eigenvalue weighted by Crippen LogP contribution is -2.48. The largest absolute Gasteiger partial charge is 0.339 e. The first-order valence-electron chi connectivity index (χ1n) is 6.23. The van der Waals surface area contributed by atoms with Crippen LogP contribution in [0.4, 0.5) is 0 Å². The van der Waals surface area contributed by atoms with E-state index in [1.165, 1.54) is 12.1 Å². The van der Waals surface area contributed by atoms with Crippen LogP contribution in [-0.4, -0.2) is 63.1 Å². The lowest BCUT2D eigenvalue weighted by molar-refractivity contribution is -0.129. The molecule has 1 aliphatic heterocycles. The molecule has 2 rings (SSSR count). The minimum Gasteiger partial charge on any atom is -0.339 e. The third kappa shape index (κ3) is 3.54. The van der Waals surface area contributed by atoms with Crippen molar-refractivity contribution < 1.29 is 13.2 Å². The summed E-state index contributed by atoms with van der Waals surface area (Å²) in [5.41, 5.74) is 0. The maximum atomic E-state index is 12.1. The SMILES string of the molecule is CN1CCN(C(=O)CS(=O)(=O)c2ccccc2)CC1. The summed E-state index contributed by atoms with van der Waals surface area (Å²) in [4.78, 5) is 16.0. The molecule has 1 fully saturated rings. The van der Waals surface area contributed by atoms with E-state index in [4.69, 9.17) is 0 Å². The molecule has 6 heteroatoms. The van der Waals surface area contributed by atoms with Gasteiger partial charge < -0.3 is 9.80 Å². The molecule has 5 nitrogen and oxygen atoms in total. The summed E-state index contributed by atoms with van der Waals surface area (Å²) >= 11 is 0. The third-order valence-electron chi connectivity index (χ3n) is 3.27. The van der Waals surface area contributed by atoms with Gasteiger partial charge in [-0.1, -0.05) is 18.2 Å². The number of piperazine rings is 1. The lowest BCUT2D eigenvalue weighted by atomic mass is 10.3. The Kier molecular flexibility index (Phi) is 4.21. The Morgan fingerprint density at radius 3 is 2.26 bits per heavy atom. The fraction of sp³-hybridized carbons (Fsp3) is 0.462. The Morgan fingerprint density at radius 1 is 1.11 bits per heavy atom. The number of hydrogen-bond acceptors (Lipinski definition) is 4. The normalized spacial score (nSPS) is 17.4. The highest BCUT2D eigenvalue weighted by Gasteiger charge is 2.25. The molecule has 0 saturated carbocycles. The fourth-order valence-corrected chi connectivity index (χ4v) is 3.27. The predicted molar refractivity (Wildman–Crippen MR) is 72.6 cm³/mol. The highest BCUT2D eigenvalue weighted by Crippen LogP contribution is 2.11. The summed E-state index contributed by atoms with van der Waals surface area (Å²) in [6.45, 7) is 2.77. The van der Waals surface area contributed by atoms with Crippen molar-refractivity contribution in [3.8, 4) is 0 Å². The minimum absolute atomic E-state index is 0.206. The predicted octanol–water partition coefficient (Wildman–Crippen LogP) is 0.234. The van der Waals surface area contributed by atoms with Gasteiger partial charge in [0.15, 0.2) is 9.84 Å². The zero-order valence-corrected chi connectivity index (χ0v) is 11.8. The van der Waals surface area contributed by atoms with Crippen molar-refractivity contribution >= 4 is 15.7 Å². The molecule has 0 aliphatic carbocycles. The van der Waals surface area contributed by atoms with E-state index < -0.39 is 15.6 Å². The molecular weight excluding hydrogens is 264 g/mol. The van der Waals surface area contributed by atoms with Crippen molar-refractivity contribution in [2.24, 2.45) is 0 Å². The smallest absolute Gasteiger partial charge is 0.238 e. The molecule has 19 heavy (non-hydrogen) atoms. The Morgan fingerprint density at radius 2 is 1.68 bits per heavy atom. The lowest BCUT2D eigenvalue weighted by Gasteiger charge is -2.32. The molecule has 0 bridgehead atoms. The second kappa shape index (κ2) is 5.71. The number of sulfone groups is 1. The summed E-state index contributed by atoms with van der Waals surface area (Å²) in [7, 11) is -1.54. The first-order chi connectivity index (χ1) is 8.99. The van der Waals surface area contributed by atoms with Crippen LogP contribution in [0, 0.1) is 0 Å². The van der Waals surface area contributed by atoms with E-state index in [1.54, 1.807) is 23.1 Å². The molecule has 1 aromatic rings. The van der Waals surface area contributed by atoms with Crippen LogP contribution in [0.5, 0.6) is 0 Å². The van der Waals surface area contributed by atoms with Crippen LogP contribution < -0.4 is 0 Å². The Labute approximate surface area is 113 Å². The van der Waals surface area contributed by atoms with Crippen molar-refractivity contribution in [1.29, 1.82) is 0 Å². The summed E-state index contributed by atoms with van der Waals surface area (Å²) in [5, 5.41) is 0. The zero-order valence-electron chi connectivity index (χ0n) is 10.9. The van der Waals surface area contributed by atoms with Gasteiger partial charge in [-0.2, -0.15) is 0 Å². The Balaban J connectivity index is 2.03. The van der Waals surface area contributed by atoms with Gasteiger partial charge in [0.05, 0.1) is 4.90 Å². The number of carbonyl (C=O) groups excluding carboxylic acids is 1. The Bertz CT molecular complexity index is 534. The summed E-state index contributed by atoms with van der Waals surface area (Å²) in [6, 6.07) is 8.11. The molecular formula is C13H18N2O3S. The van der Waals surface area contributed by atoms with Crippen molar-refractivity contribution in [2.45, 2.75) is 4.90 Å². The number of benzene rings is 1. The van der Waals surface area contributed by atoms with Gasteiger partial charge in [0.1, 0.15) is 5.75 Å². The highest BCUT2D eigenvalue weighted by atomic mass is 32.2. The topological polar surface area (TPSA) is 57.7 Å². The van der Waals surface area contributed by atoms with Gasteiger partial charge in [-0.25, -0.2) is 8.42 Å². The summed E-state index contributed by atoms with van der Waals surface area (Å²) < 4.78 is 24.2. The van der Waals surface area contributed by atoms with Gasteiger partial charge in [0.2, 0.25) is 5.91 Å². The van der Waals surface area contributed by atoms with E-state index in [0.717, 1.165) is 13.1 Å². The molecule has 0 atom stereocenters. The number of hydrogen-bond donors (Lipinski definition) is 0. The molecule has 0 aromatic heterocycles. The van der Waals surface area contributed by atoms with Gasteiger partial charge in [-0.15, -0.1) is 0 Å². The van der Waals surface area contributed by atoms with E-state index in [1.807, 2.05) is 7.05 Å². The van der Waals surface area contributed by atoms with Gasteiger partial charge in [-0.05, 0) is 19.2 Å². The van der Waals surface area contributed by atoms with Crippen molar-refractivity contribution in [2.75, 3.05) is 39.0 Å². The maximum Gasteiger partial charge on any atom is 0.238 e. The highest BCUT2D eigenvalue weighted by molar-refractivity contribution is 7.92. The monoisotopic (exact) mass is 282 g/mol. The van der Waals surface area contributed by atoms with Crippen molar-refractivity contribution in [1.82, 2.24) is 9.80 Å². The van der Waals surface area contributed by atoms with Gasteiger partial charge in [0.25, 0.3) is 0 Å². The number of carbonyl (C=O) groups is 1. The molecule has 104 valence electrons. The molecule has 0 unspecified atom stereocenters. The molecule has 1 amide bonds. The van der Waals surface area contributed by atoms with Crippen LogP contribution in [0.3, 0.4) is 0 Å². The summed E-state index contributed by atoms with van der Waals surface area (Å²) in [6.07, 6.45) is 0. The zero-order chi connectivity index (χ0) is 13.9. The van der Waals surface area contributed by atoms with E-state index >= 15 is 0 Å². The quantitative estimate of drug-likeness (QED) is 0.796. The number of amides is 1. The maximum absolute atomic E-state index is 12.1. The summed E-state index contributed by atoms with van der Waals surface area (Å²) in [5.74, 6) is -0.752. The molecule has 1 aliphatic rings. The molecule has 1 heterocycles. The average Bonchev–Trinajstić information content (AvgIpc) is 2.40. The van der Waals surface area contributed by atoms with Crippen molar-refractivity contribution in [3.63, 3.8) is 0 Å².